The molecule has 1 aromatic heterocycles. The molecular weight excluding hydrogens is 483 g/mol. The van der Waals surface area contributed by atoms with Crippen molar-refractivity contribution in [1.82, 2.24) is 15.1 Å². The molecule has 0 radical (unpaired) electrons. The first-order valence-electron chi connectivity index (χ1n) is 10.6. The summed E-state index contributed by atoms with van der Waals surface area (Å²) < 4.78 is 5.49. The summed E-state index contributed by atoms with van der Waals surface area (Å²) in [4.78, 5) is 11.4. The molecule has 160 valence electrons. The van der Waals surface area contributed by atoms with Crippen LogP contribution in [-0.2, 0) is 4.74 Å². The normalized spacial score (nSPS) is 20.0. The fraction of sp³-hybridized carbons (Fsp3) is 0.762. The van der Waals surface area contributed by atoms with Crippen molar-refractivity contribution in [3.63, 3.8) is 0 Å². The Morgan fingerprint density at radius 2 is 2.11 bits per heavy atom. The number of thiophene rings is 1. The second-order valence-electron chi connectivity index (χ2n) is 7.73. The summed E-state index contributed by atoms with van der Waals surface area (Å²) in [6.07, 6.45) is 6.27. The third kappa shape index (κ3) is 7.15. The van der Waals surface area contributed by atoms with Gasteiger partial charge in [0.2, 0.25) is 0 Å². The van der Waals surface area contributed by atoms with Crippen LogP contribution in [0.1, 0.15) is 49.9 Å². The fourth-order valence-electron chi connectivity index (χ4n) is 4.08. The van der Waals surface area contributed by atoms with Crippen molar-refractivity contribution < 1.29 is 4.74 Å². The second kappa shape index (κ2) is 13.0. The average molecular weight is 521 g/mol. The Balaban J connectivity index is 0.00000280. The van der Waals surface area contributed by atoms with E-state index in [2.05, 4.69) is 46.6 Å². The number of aliphatic imine (C=N–C) groups is 1. The molecule has 0 spiro atoms. The van der Waals surface area contributed by atoms with Gasteiger partial charge >= 0.3 is 0 Å². The molecule has 3 rings (SSSR count). The zero-order valence-electron chi connectivity index (χ0n) is 17.4. The molecule has 3 heterocycles. The van der Waals surface area contributed by atoms with Gasteiger partial charge in [-0.3, -0.25) is 9.89 Å². The molecule has 0 aromatic carbocycles. The Kier molecular flexibility index (Phi) is 11.1. The molecule has 7 heteroatoms. The molecule has 5 nitrogen and oxygen atoms in total. The molecule has 0 saturated carbocycles. The summed E-state index contributed by atoms with van der Waals surface area (Å²) >= 11 is 1.86. The van der Waals surface area contributed by atoms with Gasteiger partial charge in [-0.25, -0.2) is 0 Å². The van der Waals surface area contributed by atoms with Gasteiger partial charge in [-0.1, -0.05) is 6.07 Å². The maximum absolute atomic E-state index is 5.49. The summed E-state index contributed by atoms with van der Waals surface area (Å²) in [6.45, 7) is 9.23. The van der Waals surface area contributed by atoms with Gasteiger partial charge in [-0.05, 0) is 69.5 Å². The van der Waals surface area contributed by atoms with E-state index in [0.717, 1.165) is 44.7 Å². The summed E-state index contributed by atoms with van der Waals surface area (Å²) in [5, 5.41) is 5.69. The van der Waals surface area contributed by atoms with E-state index in [1.807, 2.05) is 11.3 Å². The van der Waals surface area contributed by atoms with Crippen molar-refractivity contribution in [2.75, 3.05) is 53.0 Å². The van der Waals surface area contributed by atoms with Gasteiger partial charge < -0.3 is 15.0 Å². The minimum Gasteiger partial charge on any atom is -0.381 e. The number of nitrogens with one attached hydrogen (secondary N) is 1. The van der Waals surface area contributed by atoms with Crippen LogP contribution < -0.4 is 5.32 Å². The molecule has 1 unspecified atom stereocenters. The Morgan fingerprint density at radius 3 is 2.75 bits per heavy atom. The number of ether oxygens (including phenoxy) is 1. The zero-order chi connectivity index (χ0) is 18.9. The first-order chi connectivity index (χ1) is 13.3. The minimum absolute atomic E-state index is 0. The number of likely N-dealkylation sites (tertiary alicyclic amines) is 1. The largest absolute Gasteiger partial charge is 0.381 e. The van der Waals surface area contributed by atoms with Crippen molar-refractivity contribution in [3.8, 4) is 0 Å². The number of guanidine groups is 1. The van der Waals surface area contributed by atoms with E-state index < -0.39 is 0 Å². The Morgan fingerprint density at radius 1 is 1.36 bits per heavy atom. The van der Waals surface area contributed by atoms with Gasteiger partial charge in [-0.15, -0.1) is 35.3 Å². The van der Waals surface area contributed by atoms with Gasteiger partial charge in [0.1, 0.15) is 0 Å². The topological polar surface area (TPSA) is 40.1 Å². The second-order valence-corrected chi connectivity index (χ2v) is 8.71. The van der Waals surface area contributed by atoms with Gasteiger partial charge in [0.15, 0.2) is 5.96 Å². The van der Waals surface area contributed by atoms with Crippen LogP contribution in [0.4, 0.5) is 0 Å². The molecule has 0 aliphatic carbocycles. The van der Waals surface area contributed by atoms with Crippen molar-refractivity contribution in [3.05, 3.63) is 22.4 Å². The van der Waals surface area contributed by atoms with Gasteiger partial charge in [-0.2, -0.15) is 0 Å². The van der Waals surface area contributed by atoms with E-state index in [1.165, 1.54) is 50.1 Å². The van der Waals surface area contributed by atoms with E-state index in [0.29, 0.717) is 6.04 Å². The van der Waals surface area contributed by atoms with Crippen LogP contribution in [0.3, 0.4) is 0 Å². The van der Waals surface area contributed by atoms with Crippen molar-refractivity contribution in [1.29, 1.82) is 0 Å². The molecule has 1 atom stereocenters. The first kappa shape index (κ1) is 23.9. The molecule has 28 heavy (non-hydrogen) atoms. The number of nitrogens with zero attached hydrogens (tertiary/aromatic N) is 3. The maximum atomic E-state index is 5.49. The first-order valence-corrected chi connectivity index (χ1v) is 11.5. The van der Waals surface area contributed by atoms with Gasteiger partial charge in [0.25, 0.3) is 0 Å². The third-order valence-corrected chi connectivity index (χ3v) is 6.75. The lowest BCUT2D eigenvalue weighted by Crippen LogP contribution is -2.40. The lowest BCUT2D eigenvalue weighted by atomic mass is 9.96. The number of hydrogen-bond donors (Lipinski definition) is 1. The monoisotopic (exact) mass is 520 g/mol. The van der Waals surface area contributed by atoms with E-state index in [9.17, 15) is 0 Å². The third-order valence-electron chi connectivity index (χ3n) is 5.78. The molecule has 1 N–H and O–H groups in total. The highest BCUT2D eigenvalue weighted by atomic mass is 127. The van der Waals surface area contributed by atoms with Crippen molar-refractivity contribution in [2.24, 2.45) is 10.9 Å². The molecular formula is C21H37IN4OS. The van der Waals surface area contributed by atoms with Crippen LogP contribution in [0.25, 0.3) is 0 Å². The van der Waals surface area contributed by atoms with Crippen LogP contribution >= 0.6 is 35.3 Å². The average Bonchev–Trinajstić information content (AvgIpc) is 3.41. The summed E-state index contributed by atoms with van der Waals surface area (Å²) in [7, 11) is 2.18. The van der Waals surface area contributed by atoms with Gasteiger partial charge in [0.05, 0.1) is 12.6 Å². The van der Waals surface area contributed by atoms with Crippen LogP contribution in [-0.4, -0.2) is 68.7 Å². The molecule has 1 aromatic rings. The lowest BCUT2D eigenvalue weighted by molar-refractivity contribution is 0.0625. The van der Waals surface area contributed by atoms with E-state index in [1.54, 1.807) is 0 Å². The molecule has 0 amide bonds. The predicted octanol–water partition coefficient (Wildman–Crippen LogP) is 4.22. The molecule has 2 aliphatic rings. The SMILES string of the molecule is CCNC(=NCC(c1cccs1)N1CCCC1)N(C)CCC1CCOCC1.I. The smallest absolute Gasteiger partial charge is 0.193 e. The summed E-state index contributed by atoms with van der Waals surface area (Å²) in [5.74, 6) is 1.85. The van der Waals surface area contributed by atoms with E-state index in [-0.39, 0.29) is 24.0 Å². The molecule has 0 bridgehead atoms. The van der Waals surface area contributed by atoms with Gasteiger partial charge in [0, 0.05) is 38.2 Å². The highest BCUT2D eigenvalue weighted by molar-refractivity contribution is 14.0. The molecule has 2 aliphatic heterocycles. The summed E-state index contributed by atoms with van der Waals surface area (Å²) in [5.41, 5.74) is 0. The highest BCUT2D eigenvalue weighted by Crippen LogP contribution is 2.28. The van der Waals surface area contributed by atoms with Crippen LogP contribution in [0.15, 0.2) is 22.5 Å². The lowest BCUT2D eigenvalue weighted by Gasteiger charge is -2.28. The van der Waals surface area contributed by atoms with E-state index >= 15 is 0 Å². The highest BCUT2D eigenvalue weighted by Gasteiger charge is 2.24. The zero-order valence-corrected chi connectivity index (χ0v) is 20.6. The van der Waals surface area contributed by atoms with E-state index in [4.69, 9.17) is 9.73 Å². The Bertz CT molecular complexity index is 557. The fourth-order valence-corrected chi connectivity index (χ4v) is 4.93. The van der Waals surface area contributed by atoms with Crippen molar-refractivity contribution in [2.45, 2.75) is 45.1 Å². The standard InChI is InChI=1S/C21H36N4OS.HI/c1-3-22-21(24(2)13-8-18-9-14-26-15-10-18)23-17-19(20-7-6-16-27-20)25-11-4-5-12-25;/h6-7,16,18-19H,3-5,8-15,17H2,1-2H3,(H,22,23);1H. The molecule has 2 saturated heterocycles. The van der Waals surface area contributed by atoms with Crippen LogP contribution in [0.2, 0.25) is 0 Å². The minimum atomic E-state index is 0. The number of halogens is 1. The summed E-state index contributed by atoms with van der Waals surface area (Å²) in [6, 6.07) is 4.85. The predicted molar refractivity (Wildman–Crippen MR) is 130 cm³/mol. The van der Waals surface area contributed by atoms with Crippen LogP contribution in [0, 0.1) is 5.92 Å². The maximum Gasteiger partial charge on any atom is 0.193 e. The van der Waals surface area contributed by atoms with Crippen LogP contribution in [0.5, 0.6) is 0 Å². The Hall–Kier alpha value is -0.380. The quantitative estimate of drug-likeness (QED) is 0.317. The number of rotatable bonds is 8. The van der Waals surface area contributed by atoms with Crippen molar-refractivity contribution >= 4 is 41.3 Å². The number of hydrogen-bond acceptors (Lipinski definition) is 4. The Labute approximate surface area is 191 Å². The molecule has 2 fully saturated rings.